The molecule has 1 heterocycles. The van der Waals surface area contributed by atoms with Crippen LogP contribution in [0.5, 0.6) is 0 Å². The third-order valence-corrected chi connectivity index (χ3v) is 4.28. The number of rotatable bonds is 2. The van der Waals surface area contributed by atoms with Crippen LogP contribution in [0.4, 0.5) is 4.39 Å². The van der Waals surface area contributed by atoms with Crippen LogP contribution in [-0.2, 0) is 9.31 Å². The summed E-state index contributed by atoms with van der Waals surface area (Å²) in [5.41, 5.74) is 1.74. The van der Waals surface area contributed by atoms with Crippen LogP contribution in [0.3, 0.4) is 0 Å². The fourth-order valence-corrected chi connectivity index (χ4v) is 2.10. The topological polar surface area (TPSA) is 18.5 Å². The van der Waals surface area contributed by atoms with Crippen molar-refractivity contribution in [1.82, 2.24) is 0 Å². The Hall–Kier alpha value is -1.13. The second-order valence-corrected chi connectivity index (χ2v) is 6.44. The molecule has 108 valence electrons. The van der Waals surface area contributed by atoms with Gasteiger partial charge in [-0.05, 0) is 58.7 Å². The van der Waals surface area contributed by atoms with Gasteiger partial charge < -0.3 is 9.31 Å². The Labute approximate surface area is 121 Å². The van der Waals surface area contributed by atoms with Gasteiger partial charge >= 0.3 is 7.12 Å². The monoisotopic (exact) mass is 276 g/mol. The SMILES string of the molecule is C/C(=C/B1OC(C)(C)C(C)(C)O1)c1ccc(C)c(F)c1. The van der Waals surface area contributed by atoms with Gasteiger partial charge in [-0.1, -0.05) is 23.7 Å². The first-order valence-corrected chi connectivity index (χ1v) is 6.93. The van der Waals surface area contributed by atoms with Crippen molar-refractivity contribution in [1.29, 1.82) is 0 Å². The highest BCUT2D eigenvalue weighted by molar-refractivity contribution is 6.53. The first-order valence-electron chi connectivity index (χ1n) is 6.93. The summed E-state index contributed by atoms with van der Waals surface area (Å²) in [6, 6.07) is 5.24. The van der Waals surface area contributed by atoms with Crippen molar-refractivity contribution in [3.05, 3.63) is 41.1 Å². The third kappa shape index (κ3) is 2.81. The molecule has 0 radical (unpaired) electrons. The van der Waals surface area contributed by atoms with E-state index in [1.807, 2.05) is 46.7 Å². The molecule has 0 aliphatic carbocycles. The van der Waals surface area contributed by atoms with Crippen molar-refractivity contribution >= 4 is 12.7 Å². The van der Waals surface area contributed by atoms with Gasteiger partial charge in [0.25, 0.3) is 0 Å². The van der Waals surface area contributed by atoms with Gasteiger partial charge in [-0.25, -0.2) is 4.39 Å². The lowest BCUT2D eigenvalue weighted by Gasteiger charge is -2.32. The van der Waals surface area contributed by atoms with Crippen LogP contribution in [-0.4, -0.2) is 18.3 Å². The number of allylic oxidation sites excluding steroid dienone is 1. The normalized spacial score (nSPS) is 21.4. The molecule has 1 aliphatic heterocycles. The molecule has 0 spiro atoms. The highest BCUT2D eigenvalue weighted by Gasteiger charge is 2.50. The van der Waals surface area contributed by atoms with E-state index in [-0.39, 0.29) is 17.0 Å². The van der Waals surface area contributed by atoms with Gasteiger partial charge in [-0.2, -0.15) is 0 Å². The highest BCUT2D eigenvalue weighted by Crippen LogP contribution is 2.37. The largest absolute Gasteiger partial charge is 0.487 e. The Morgan fingerprint density at radius 3 is 2.20 bits per heavy atom. The first-order chi connectivity index (χ1) is 9.12. The van der Waals surface area contributed by atoms with Crippen LogP contribution >= 0.6 is 0 Å². The molecule has 0 atom stereocenters. The predicted octanol–water partition coefficient (Wildman–Crippen LogP) is 4.17. The van der Waals surface area contributed by atoms with E-state index in [2.05, 4.69) is 0 Å². The van der Waals surface area contributed by atoms with Gasteiger partial charge in [-0.3, -0.25) is 0 Å². The molecule has 20 heavy (non-hydrogen) atoms. The molecule has 0 saturated carbocycles. The molecule has 0 bridgehead atoms. The maximum Gasteiger partial charge on any atom is 0.487 e. The van der Waals surface area contributed by atoms with E-state index < -0.39 is 7.12 Å². The smallest absolute Gasteiger partial charge is 0.400 e. The average molecular weight is 276 g/mol. The highest BCUT2D eigenvalue weighted by atomic mass is 19.1. The maximum atomic E-state index is 13.6. The fourth-order valence-electron chi connectivity index (χ4n) is 2.10. The Morgan fingerprint density at radius 1 is 1.15 bits per heavy atom. The van der Waals surface area contributed by atoms with Gasteiger partial charge in [0.1, 0.15) is 5.82 Å². The molecular formula is C16H22BFO2. The van der Waals surface area contributed by atoms with E-state index in [0.717, 1.165) is 11.1 Å². The second-order valence-electron chi connectivity index (χ2n) is 6.44. The summed E-state index contributed by atoms with van der Waals surface area (Å²) >= 11 is 0. The standard InChI is InChI=1S/C16H22BFO2/c1-11-7-8-13(9-14(11)18)12(2)10-17-19-15(3,4)16(5,6)20-17/h7-10H,1-6H3/b12-10-. The van der Waals surface area contributed by atoms with Crippen molar-refractivity contribution in [2.24, 2.45) is 0 Å². The van der Waals surface area contributed by atoms with Crippen LogP contribution < -0.4 is 0 Å². The minimum Gasteiger partial charge on any atom is -0.400 e. The Kier molecular flexibility index (Phi) is 3.82. The molecule has 0 N–H and O–H groups in total. The van der Waals surface area contributed by atoms with Crippen molar-refractivity contribution in [3.63, 3.8) is 0 Å². The van der Waals surface area contributed by atoms with Gasteiger partial charge in [0.2, 0.25) is 0 Å². The summed E-state index contributed by atoms with van der Waals surface area (Å²) in [5.74, 6) is 1.71. The van der Waals surface area contributed by atoms with Crippen molar-refractivity contribution in [2.75, 3.05) is 0 Å². The van der Waals surface area contributed by atoms with Crippen LogP contribution in [0.2, 0.25) is 0 Å². The number of benzene rings is 1. The zero-order chi connectivity index (χ0) is 15.1. The van der Waals surface area contributed by atoms with Crippen LogP contribution in [0.25, 0.3) is 5.57 Å². The number of halogens is 1. The third-order valence-electron chi connectivity index (χ3n) is 4.28. The lowest BCUT2D eigenvalue weighted by atomic mass is 9.85. The first kappa shape index (κ1) is 15.3. The maximum absolute atomic E-state index is 13.6. The van der Waals surface area contributed by atoms with Crippen molar-refractivity contribution < 1.29 is 13.7 Å². The van der Waals surface area contributed by atoms with Gasteiger partial charge in [-0.15, -0.1) is 0 Å². The zero-order valence-electron chi connectivity index (χ0n) is 13.1. The van der Waals surface area contributed by atoms with E-state index in [1.54, 1.807) is 19.1 Å². The Balaban J connectivity index is 2.22. The second kappa shape index (κ2) is 5.01. The fraction of sp³-hybridized carbons (Fsp3) is 0.500. The Morgan fingerprint density at radius 2 is 1.70 bits per heavy atom. The van der Waals surface area contributed by atoms with Gasteiger partial charge in [0.15, 0.2) is 0 Å². The summed E-state index contributed by atoms with van der Waals surface area (Å²) in [6.07, 6.45) is 0. The lowest BCUT2D eigenvalue weighted by molar-refractivity contribution is 0.00578. The molecule has 0 amide bonds. The van der Waals surface area contributed by atoms with E-state index in [1.165, 1.54) is 0 Å². The predicted molar refractivity (Wildman–Crippen MR) is 80.9 cm³/mol. The molecule has 1 aliphatic rings. The molecular weight excluding hydrogens is 254 g/mol. The quantitative estimate of drug-likeness (QED) is 0.755. The van der Waals surface area contributed by atoms with Crippen molar-refractivity contribution in [3.8, 4) is 0 Å². The van der Waals surface area contributed by atoms with Gasteiger partial charge in [0, 0.05) is 0 Å². The summed E-state index contributed by atoms with van der Waals surface area (Å²) in [4.78, 5) is 0. The molecule has 2 nitrogen and oxygen atoms in total. The summed E-state index contributed by atoms with van der Waals surface area (Å²) in [6.45, 7) is 11.8. The zero-order valence-corrected chi connectivity index (χ0v) is 13.1. The molecule has 4 heteroatoms. The van der Waals surface area contributed by atoms with Crippen molar-refractivity contribution in [2.45, 2.75) is 52.7 Å². The van der Waals surface area contributed by atoms with E-state index in [4.69, 9.17) is 9.31 Å². The van der Waals surface area contributed by atoms with Crippen LogP contribution in [0.15, 0.2) is 24.2 Å². The van der Waals surface area contributed by atoms with Crippen LogP contribution in [0.1, 0.15) is 45.7 Å². The summed E-state index contributed by atoms with van der Waals surface area (Å²) < 4.78 is 25.4. The minimum atomic E-state index is -0.399. The molecule has 1 fully saturated rings. The molecule has 0 aromatic heterocycles. The Bertz CT molecular complexity index is 533. The van der Waals surface area contributed by atoms with E-state index >= 15 is 0 Å². The minimum absolute atomic E-state index is 0.191. The number of aryl methyl sites for hydroxylation is 1. The average Bonchev–Trinajstić information content (AvgIpc) is 2.50. The lowest BCUT2D eigenvalue weighted by Crippen LogP contribution is -2.41. The molecule has 0 unspecified atom stereocenters. The van der Waals surface area contributed by atoms with E-state index in [9.17, 15) is 4.39 Å². The molecule has 1 saturated heterocycles. The number of hydrogen-bond acceptors (Lipinski definition) is 2. The summed E-state index contributed by atoms with van der Waals surface area (Å²) in [5, 5.41) is 0. The molecule has 2 rings (SSSR count). The van der Waals surface area contributed by atoms with E-state index in [0.29, 0.717) is 5.56 Å². The van der Waals surface area contributed by atoms with Gasteiger partial charge in [0.05, 0.1) is 11.2 Å². The van der Waals surface area contributed by atoms with Crippen LogP contribution in [0, 0.1) is 12.7 Å². The molecule has 1 aromatic carbocycles. The summed E-state index contributed by atoms with van der Waals surface area (Å²) in [7, 11) is -0.399. The number of hydrogen-bond donors (Lipinski definition) is 0. The molecule has 1 aromatic rings.